The van der Waals surface area contributed by atoms with Gasteiger partial charge in [-0.15, -0.1) is 11.3 Å². The number of methoxy groups -OCH3 is 2. The van der Waals surface area contributed by atoms with Gasteiger partial charge in [0.2, 0.25) is 11.7 Å². The van der Waals surface area contributed by atoms with E-state index in [2.05, 4.69) is 4.98 Å². The summed E-state index contributed by atoms with van der Waals surface area (Å²) in [5, 5.41) is 10.8. The van der Waals surface area contributed by atoms with Crippen LogP contribution >= 0.6 is 11.3 Å². The third-order valence-corrected chi connectivity index (χ3v) is 3.10. The van der Waals surface area contributed by atoms with Gasteiger partial charge < -0.3 is 19.0 Å². The number of carbonyl (C=O) groups is 1. The van der Waals surface area contributed by atoms with Gasteiger partial charge in [-0.05, 0) is 11.4 Å². The summed E-state index contributed by atoms with van der Waals surface area (Å²) < 4.78 is 15.3. The summed E-state index contributed by atoms with van der Waals surface area (Å²) in [6, 6.07) is 1.76. The smallest absolute Gasteiger partial charge is 0.373 e. The van der Waals surface area contributed by atoms with Crippen LogP contribution < -0.4 is 4.74 Å². The lowest BCUT2D eigenvalue weighted by Gasteiger charge is -1.96. The fourth-order valence-corrected chi connectivity index (χ4v) is 2.25. The number of rotatable bonds is 5. The van der Waals surface area contributed by atoms with E-state index in [-0.39, 0.29) is 24.0 Å². The van der Waals surface area contributed by atoms with Crippen LogP contribution in [0.1, 0.15) is 16.2 Å². The number of thiophene rings is 1. The molecule has 0 aliphatic heterocycles. The maximum Gasteiger partial charge on any atom is 0.373 e. The molecule has 96 valence electrons. The van der Waals surface area contributed by atoms with Crippen molar-refractivity contribution < 1.29 is 23.8 Å². The highest BCUT2D eigenvalue weighted by molar-refractivity contribution is 7.13. The Morgan fingerprint density at radius 3 is 2.94 bits per heavy atom. The van der Waals surface area contributed by atoms with Gasteiger partial charge in [0.05, 0.1) is 13.7 Å². The zero-order chi connectivity index (χ0) is 13.1. The van der Waals surface area contributed by atoms with E-state index in [0.717, 1.165) is 0 Å². The van der Waals surface area contributed by atoms with Crippen LogP contribution in [0.5, 0.6) is 5.75 Å². The number of aromatic nitrogens is 1. The number of oxazole rings is 1. The number of carboxylic acid groups (broad SMARTS) is 1. The third-order valence-electron chi connectivity index (χ3n) is 2.22. The van der Waals surface area contributed by atoms with Crippen LogP contribution in [-0.2, 0) is 11.3 Å². The van der Waals surface area contributed by atoms with Crippen molar-refractivity contribution in [3.8, 4) is 16.5 Å². The highest BCUT2D eigenvalue weighted by atomic mass is 32.1. The van der Waals surface area contributed by atoms with Gasteiger partial charge in [-0.3, -0.25) is 0 Å². The van der Waals surface area contributed by atoms with Gasteiger partial charge in [0, 0.05) is 7.11 Å². The van der Waals surface area contributed by atoms with Crippen LogP contribution in [0, 0.1) is 0 Å². The average Bonchev–Trinajstić information content (AvgIpc) is 2.94. The number of nitrogens with zero attached hydrogens (tertiary/aromatic N) is 1. The van der Waals surface area contributed by atoms with Gasteiger partial charge in [0.15, 0.2) is 0 Å². The molecule has 2 heterocycles. The first-order valence-electron chi connectivity index (χ1n) is 5.01. The van der Waals surface area contributed by atoms with Gasteiger partial charge in [0.1, 0.15) is 16.3 Å². The van der Waals surface area contributed by atoms with Crippen LogP contribution in [0.4, 0.5) is 0 Å². The molecule has 0 saturated heterocycles. The molecule has 2 rings (SSSR count). The molecular weight excluding hydrogens is 258 g/mol. The molecule has 0 radical (unpaired) electrons. The molecule has 0 saturated carbocycles. The summed E-state index contributed by atoms with van der Waals surface area (Å²) in [4.78, 5) is 15.8. The van der Waals surface area contributed by atoms with Crippen LogP contribution in [0.25, 0.3) is 10.8 Å². The summed E-state index contributed by atoms with van der Waals surface area (Å²) in [7, 11) is 2.99. The molecule has 0 bridgehead atoms. The molecule has 1 N–H and O–H groups in total. The molecule has 0 atom stereocenters. The molecule has 0 aliphatic carbocycles. The van der Waals surface area contributed by atoms with Gasteiger partial charge in [0.25, 0.3) is 0 Å². The Morgan fingerprint density at radius 2 is 2.33 bits per heavy atom. The van der Waals surface area contributed by atoms with E-state index in [1.165, 1.54) is 25.6 Å². The highest BCUT2D eigenvalue weighted by Crippen LogP contribution is 2.35. The first-order valence-corrected chi connectivity index (χ1v) is 5.89. The molecule has 0 aliphatic rings. The van der Waals surface area contributed by atoms with Crippen molar-refractivity contribution >= 4 is 17.3 Å². The molecule has 0 unspecified atom stereocenters. The summed E-state index contributed by atoms with van der Waals surface area (Å²) >= 11 is 1.36. The van der Waals surface area contributed by atoms with Gasteiger partial charge in [-0.1, -0.05) is 0 Å². The normalized spacial score (nSPS) is 10.6. The van der Waals surface area contributed by atoms with Crippen molar-refractivity contribution in [2.24, 2.45) is 0 Å². The molecule has 2 aromatic rings. The Bertz CT molecular complexity index is 560. The molecule has 2 aromatic heterocycles. The molecule has 0 spiro atoms. The SMILES string of the molecule is COCc1nc(-c2sccc2OC)oc1C(=O)O. The zero-order valence-electron chi connectivity index (χ0n) is 9.80. The van der Waals surface area contributed by atoms with E-state index in [0.29, 0.717) is 10.6 Å². The van der Waals surface area contributed by atoms with Crippen LogP contribution in [0.3, 0.4) is 0 Å². The Balaban J connectivity index is 2.46. The fraction of sp³-hybridized carbons (Fsp3) is 0.273. The summed E-state index contributed by atoms with van der Waals surface area (Å²) in [5.41, 5.74) is 0.260. The molecular formula is C11H11NO5S. The standard InChI is InChI=1S/C11H11NO5S/c1-15-5-6-8(11(13)14)17-10(12-6)9-7(16-2)3-4-18-9/h3-4H,5H2,1-2H3,(H,13,14). The first-order chi connectivity index (χ1) is 8.67. The average molecular weight is 269 g/mol. The van der Waals surface area contributed by atoms with Crippen molar-refractivity contribution in [2.45, 2.75) is 6.61 Å². The van der Waals surface area contributed by atoms with E-state index >= 15 is 0 Å². The summed E-state index contributed by atoms with van der Waals surface area (Å²) in [6.45, 7) is 0.0822. The maximum atomic E-state index is 11.0. The van der Waals surface area contributed by atoms with Crippen molar-refractivity contribution in [3.05, 3.63) is 22.9 Å². The van der Waals surface area contributed by atoms with Crippen molar-refractivity contribution in [1.29, 1.82) is 0 Å². The Kier molecular flexibility index (Phi) is 3.63. The lowest BCUT2D eigenvalue weighted by atomic mass is 10.3. The van der Waals surface area contributed by atoms with Crippen LogP contribution in [0.2, 0.25) is 0 Å². The zero-order valence-corrected chi connectivity index (χ0v) is 10.6. The van der Waals surface area contributed by atoms with Crippen molar-refractivity contribution in [1.82, 2.24) is 4.98 Å². The number of ether oxygens (including phenoxy) is 2. The largest absolute Gasteiger partial charge is 0.495 e. The van der Waals surface area contributed by atoms with Gasteiger partial charge >= 0.3 is 5.97 Å². The van der Waals surface area contributed by atoms with Crippen molar-refractivity contribution in [2.75, 3.05) is 14.2 Å². The van der Waals surface area contributed by atoms with Gasteiger partial charge in [-0.25, -0.2) is 9.78 Å². The van der Waals surface area contributed by atoms with E-state index in [1.807, 2.05) is 5.38 Å². The minimum atomic E-state index is -1.17. The lowest BCUT2D eigenvalue weighted by Crippen LogP contribution is -2.00. The quantitative estimate of drug-likeness (QED) is 0.896. The summed E-state index contributed by atoms with van der Waals surface area (Å²) in [5.74, 6) is -0.549. The van der Waals surface area contributed by atoms with Crippen molar-refractivity contribution in [3.63, 3.8) is 0 Å². The minimum absolute atomic E-state index is 0.0822. The predicted octanol–water partition coefficient (Wildman–Crippen LogP) is 2.26. The fourth-order valence-electron chi connectivity index (χ4n) is 1.46. The highest BCUT2D eigenvalue weighted by Gasteiger charge is 2.22. The monoisotopic (exact) mass is 269 g/mol. The van der Waals surface area contributed by atoms with Crippen LogP contribution in [-0.4, -0.2) is 30.3 Å². The Morgan fingerprint density at radius 1 is 1.56 bits per heavy atom. The molecule has 0 aromatic carbocycles. The lowest BCUT2D eigenvalue weighted by molar-refractivity contribution is 0.0656. The number of hydrogen-bond donors (Lipinski definition) is 1. The Hall–Kier alpha value is -1.86. The maximum absolute atomic E-state index is 11.0. The van der Waals surface area contributed by atoms with Crippen LogP contribution in [0.15, 0.2) is 15.9 Å². The van der Waals surface area contributed by atoms with Gasteiger partial charge in [-0.2, -0.15) is 0 Å². The van der Waals surface area contributed by atoms with E-state index in [1.54, 1.807) is 6.07 Å². The molecule has 18 heavy (non-hydrogen) atoms. The molecule has 0 amide bonds. The number of carboxylic acids is 1. The van der Waals surface area contributed by atoms with E-state index < -0.39 is 5.97 Å². The second-order valence-corrected chi connectivity index (χ2v) is 4.27. The summed E-state index contributed by atoms with van der Waals surface area (Å²) in [6.07, 6.45) is 0. The second kappa shape index (κ2) is 5.19. The molecule has 7 heteroatoms. The minimum Gasteiger partial charge on any atom is -0.495 e. The Labute approximate surface area is 107 Å². The number of hydrogen-bond acceptors (Lipinski definition) is 6. The second-order valence-electron chi connectivity index (χ2n) is 3.35. The number of aromatic carboxylic acids is 1. The topological polar surface area (TPSA) is 81.8 Å². The first kappa shape index (κ1) is 12.6. The third kappa shape index (κ3) is 2.22. The van der Waals surface area contributed by atoms with E-state index in [4.69, 9.17) is 19.0 Å². The van der Waals surface area contributed by atoms with E-state index in [9.17, 15) is 4.79 Å². The molecule has 6 nitrogen and oxygen atoms in total. The predicted molar refractivity (Wildman–Crippen MR) is 64.0 cm³/mol. The molecule has 0 fully saturated rings.